The van der Waals surface area contributed by atoms with Crippen LogP contribution >= 0.6 is 15.9 Å². The Bertz CT molecular complexity index is 1030. The summed E-state index contributed by atoms with van der Waals surface area (Å²) in [6, 6.07) is 21.5. The van der Waals surface area contributed by atoms with Crippen molar-refractivity contribution in [3.63, 3.8) is 0 Å². The third kappa shape index (κ3) is 4.10. The van der Waals surface area contributed by atoms with E-state index in [9.17, 15) is 9.18 Å². The predicted octanol–water partition coefficient (Wildman–Crippen LogP) is 6.14. The molecule has 1 aliphatic rings. The first-order valence-corrected chi connectivity index (χ1v) is 10.1. The minimum atomic E-state index is -0.494. The van der Waals surface area contributed by atoms with Crippen LogP contribution in [0.25, 0.3) is 17.2 Å². The SMILES string of the molecule is O=C(NCC=Cc1cccc(Br)c1F)OCC1c2ccccc2-c2ccccc21. The van der Waals surface area contributed by atoms with Gasteiger partial charge in [-0.15, -0.1) is 0 Å². The third-order valence-electron chi connectivity index (χ3n) is 4.99. The molecule has 0 bridgehead atoms. The zero-order valence-corrected chi connectivity index (χ0v) is 17.2. The molecule has 0 spiro atoms. The number of carbonyl (C=O) groups excluding carboxylic acids is 1. The van der Waals surface area contributed by atoms with Gasteiger partial charge in [0.15, 0.2) is 0 Å². The number of fused-ring (bicyclic) bond motifs is 3. The Morgan fingerprint density at radius 2 is 1.66 bits per heavy atom. The number of rotatable bonds is 5. The monoisotopic (exact) mass is 451 g/mol. The summed E-state index contributed by atoms with van der Waals surface area (Å²) in [4.78, 5) is 12.1. The molecule has 0 aromatic heterocycles. The van der Waals surface area contributed by atoms with E-state index in [1.54, 1.807) is 30.4 Å². The van der Waals surface area contributed by atoms with Gasteiger partial charge in [-0.1, -0.05) is 72.8 Å². The highest BCUT2D eigenvalue weighted by atomic mass is 79.9. The molecule has 3 nitrogen and oxygen atoms in total. The van der Waals surface area contributed by atoms with Gasteiger partial charge in [-0.25, -0.2) is 9.18 Å². The normalized spacial score (nSPS) is 12.6. The summed E-state index contributed by atoms with van der Waals surface area (Å²) >= 11 is 3.16. The highest BCUT2D eigenvalue weighted by Crippen LogP contribution is 2.44. The molecule has 1 amide bonds. The second-order valence-electron chi connectivity index (χ2n) is 6.75. The van der Waals surface area contributed by atoms with Gasteiger partial charge in [0.1, 0.15) is 12.4 Å². The van der Waals surface area contributed by atoms with Gasteiger partial charge >= 0.3 is 6.09 Å². The predicted molar refractivity (Wildman–Crippen MR) is 116 cm³/mol. The molecule has 3 aromatic rings. The van der Waals surface area contributed by atoms with E-state index in [4.69, 9.17) is 4.74 Å². The molecule has 0 unspecified atom stereocenters. The smallest absolute Gasteiger partial charge is 0.407 e. The van der Waals surface area contributed by atoms with Crippen LogP contribution in [-0.2, 0) is 4.74 Å². The maximum absolute atomic E-state index is 13.9. The summed E-state index contributed by atoms with van der Waals surface area (Å²) in [5.41, 5.74) is 5.18. The Hall–Kier alpha value is -2.92. The van der Waals surface area contributed by atoms with Crippen LogP contribution < -0.4 is 5.32 Å². The maximum Gasteiger partial charge on any atom is 0.407 e. The molecule has 0 fully saturated rings. The topological polar surface area (TPSA) is 38.3 Å². The van der Waals surface area contributed by atoms with Crippen LogP contribution in [0.15, 0.2) is 77.3 Å². The summed E-state index contributed by atoms with van der Waals surface area (Å²) in [5, 5.41) is 2.68. The standard InChI is InChI=1S/C24H19BrFNO2/c25-22-13-5-7-16(23(22)26)8-6-14-27-24(28)29-15-21-19-11-3-1-9-17(19)18-10-2-4-12-20(18)21/h1-13,21H,14-15H2,(H,27,28). The van der Waals surface area contributed by atoms with Crippen LogP contribution in [-0.4, -0.2) is 19.2 Å². The van der Waals surface area contributed by atoms with Crippen molar-refractivity contribution in [3.05, 3.63) is 99.8 Å². The molecule has 1 aliphatic carbocycles. The number of halogens is 2. The number of benzene rings is 3. The fourth-order valence-corrected chi connectivity index (χ4v) is 4.01. The number of carbonyl (C=O) groups is 1. The van der Waals surface area contributed by atoms with Gasteiger partial charge in [-0.2, -0.15) is 0 Å². The number of hydrogen-bond acceptors (Lipinski definition) is 2. The van der Waals surface area contributed by atoms with Crippen molar-refractivity contribution in [2.75, 3.05) is 13.2 Å². The third-order valence-corrected chi connectivity index (χ3v) is 5.60. The van der Waals surface area contributed by atoms with E-state index in [-0.39, 0.29) is 24.9 Å². The number of alkyl carbamates (subject to hydrolysis) is 1. The van der Waals surface area contributed by atoms with Crippen molar-refractivity contribution in [1.82, 2.24) is 5.32 Å². The highest BCUT2D eigenvalue weighted by Gasteiger charge is 2.28. The second-order valence-corrected chi connectivity index (χ2v) is 7.61. The lowest BCUT2D eigenvalue weighted by Gasteiger charge is -2.14. The molecule has 0 atom stereocenters. The van der Waals surface area contributed by atoms with Crippen LogP contribution in [0.5, 0.6) is 0 Å². The van der Waals surface area contributed by atoms with Crippen molar-refractivity contribution in [1.29, 1.82) is 0 Å². The quantitative estimate of drug-likeness (QED) is 0.505. The molecule has 0 heterocycles. The molecule has 29 heavy (non-hydrogen) atoms. The zero-order chi connectivity index (χ0) is 20.2. The van der Waals surface area contributed by atoms with Crippen LogP contribution in [0.2, 0.25) is 0 Å². The summed E-state index contributed by atoms with van der Waals surface area (Å²) in [6.07, 6.45) is 2.82. The lowest BCUT2D eigenvalue weighted by molar-refractivity contribution is 0.144. The van der Waals surface area contributed by atoms with Gasteiger partial charge in [0.2, 0.25) is 0 Å². The van der Waals surface area contributed by atoms with Crippen LogP contribution in [0.4, 0.5) is 9.18 Å². The van der Waals surface area contributed by atoms with E-state index < -0.39 is 6.09 Å². The molecule has 4 rings (SSSR count). The average Bonchev–Trinajstić information content (AvgIpc) is 3.06. The van der Waals surface area contributed by atoms with Gasteiger partial charge in [0.05, 0.1) is 4.47 Å². The lowest BCUT2D eigenvalue weighted by Crippen LogP contribution is -2.26. The van der Waals surface area contributed by atoms with Crippen LogP contribution in [0.3, 0.4) is 0 Å². The highest BCUT2D eigenvalue weighted by molar-refractivity contribution is 9.10. The van der Waals surface area contributed by atoms with Gasteiger partial charge in [0, 0.05) is 18.0 Å². The van der Waals surface area contributed by atoms with Crippen molar-refractivity contribution < 1.29 is 13.9 Å². The molecular weight excluding hydrogens is 433 g/mol. The zero-order valence-electron chi connectivity index (χ0n) is 15.6. The lowest BCUT2D eigenvalue weighted by atomic mass is 9.98. The Kier molecular flexibility index (Phi) is 5.76. The molecule has 0 radical (unpaired) electrons. The van der Waals surface area contributed by atoms with Gasteiger partial charge in [0.25, 0.3) is 0 Å². The second kappa shape index (κ2) is 8.62. The Labute approximate surface area is 177 Å². The molecule has 0 saturated heterocycles. The molecule has 1 N–H and O–H groups in total. The largest absolute Gasteiger partial charge is 0.449 e. The fourth-order valence-electron chi connectivity index (χ4n) is 3.63. The number of ether oxygens (including phenoxy) is 1. The molecular formula is C24H19BrFNO2. The van der Waals surface area contributed by atoms with Gasteiger partial charge < -0.3 is 10.1 Å². The maximum atomic E-state index is 13.9. The summed E-state index contributed by atoms with van der Waals surface area (Å²) in [5.74, 6) is -0.302. The Morgan fingerprint density at radius 3 is 2.34 bits per heavy atom. The first-order chi connectivity index (χ1) is 14.1. The number of nitrogens with one attached hydrogen (secondary N) is 1. The molecule has 146 valence electrons. The summed E-state index contributed by atoms with van der Waals surface area (Å²) < 4.78 is 19.8. The van der Waals surface area contributed by atoms with Gasteiger partial charge in [-0.3, -0.25) is 0 Å². The first-order valence-electron chi connectivity index (χ1n) is 9.34. The van der Waals surface area contributed by atoms with E-state index in [0.717, 1.165) is 0 Å². The van der Waals surface area contributed by atoms with Crippen molar-refractivity contribution in [3.8, 4) is 11.1 Å². The van der Waals surface area contributed by atoms with E-state index in [0.29, 0.717) is 10.0 Å². The van der Waals surface area contributed by atoms with Crippen LogP contribution in [0, 0.1) is 5.82 Å². The molecule has 0 saturated carbocycles. The minimum Gasteiger partial charge on any atom is -0.449 e. The van der Waals surface area contributed by atoms with Crippen molar-refractivity contribution >= 4 is 28.1 Å². The minimum absolute atomic E-state index is 0.0273. The summed E-state index contributed by atoms with van der Waals surface area (Å²) in [7, 11) is 0. The van der Waals surface area contributed by atoms with Crippen molar-refractivity contribution in [2.45, 2.75) is 5.92 Å². The van der Waals surface area contributed by atoms with Crippen molar-refractivity contribution in [2.24, 2.45) is 0 Å². The van der Waals surface area contributed by atoms with Gasteiger partial charge in [-0.05, 0) is 44.3 Å². The van der Waals surface area contributed by atoms with E-state index >= 15 is 0 Å². The Balaban J connectivity index is 1.34. The van der Waals surface area contributed by atoms with E-state index in [1.807, 2.05) is 24.3 Å². The number of amides is 1. The van der Waals surface area contributed by atoms with Crippen LogP contribution in [0.1, 0.15) is 22.6 Å². The number of hydrogen-bond donors (Lipinski definition) is 1. The molecule has 3 aromatic carbocycles. The fraction of sp³-hybridized carbons (Fsp3) is 0.125. The van der Waals surface area contributed by atoms with E-state index in [1.165, 1.54) is 22.3 Å². The molecule has 0 aliphatic heterocycles. The van der Waals surface area contributed by atoms with E-state index in [2.05, 4.69) is 45.5 Å². The molecule has 5 heteroatoms. The summed E-state index contributed by atoms with van der Waals surface area (Å²) in [6.45, 7) is 0.520. The average molecular weight is 452 g/mol. The first kappa shape index (κ1) is 19.4. The Morgan fingerprint density at radius 1 is 1.00 bits per heavy atom.